The molecule has 0 aromatic carbocycles. The second-order valence-corrected chi connectivity index (χ2v) is 5.23. The van der Waals surface area contributed by atoms with E-state index in [1.54, 1.807) is 6.07 Å². The second-order valence-electron chi connectivity index (χ2n) is 5.23. The predicted molar refractivity (Wildman–Crippen MR) is 85.6 cm³/mol. The highest BCUT2D eigenvalue weighted by atomic mass is 16.5. The fourth-order valence-electron chi connectivity index (χ4n) is 2.42. The summed E-state index contributed by atoms with van der Waals surface area (Å²) in [5.74, 6) is -0.0931. The van der Waals surface area contributed by atoms with Gasteiger partial charge in [-0.25, -0.2) is 4.98 Å². The van der Waals surface area contributed by atoms with Crippen molar-refractivity contribution < 1.29 is 14.3 Å². The molecule has 1 aromatic rings. The first kappa shape index (κ1) is 15.5. The quantitative estimate of drug-likeness (QED) is 0.440. The van der Waals surface area contributed by atoms with Crippen molar-refractivity contribution in [1.82, 2.24) is 15.6 Å². The Kier molecular flexibility index (Phi) is 4.89. The van der Waals surface area contributed by atoms with Gasteiger partial charge in [-0.3, -0.25) is 9.59 Å². The molecule has 2 bridgehead atoms. The third kappa shape index (κ3) is 3.88. The highest BCUT2D eigenvalue weighted by Gasteiger charge is 2.22. The van der Waals surface area contributed by atoms with E-state index in [4.69, 9.17) is 4.74 Å². The van der Waals surface area contributed by atoms with Crippen molar-refractivity contribution in [3.8, 4) is 0 Å². The van der Waals surface area contributed by atoms with Crippen LogP contribution in [0.15, 0.2) is 6.07 Å². The number of rotatable bonds is 0. The molecular formula is C14H20N6O3. The van der Waals surface area contributed by atoms with Crippen LogP contribution in [0.3, 0.4) is 0 Å². The molecule has 124 valence electrons. The van der Waals surface area contributed by atoms with E-state index in [1.165, 1.54) is 0 Å². The van der Waals surface area contributed by atoms with Gasteiger partial charge < -0.3 is 31.3 Å². The molecule has 5 N–H and O–H groups in total. The summed E-state index contributed by atoms with van der Waals surface area (Å²) in [4.78, 5) is 28.6. The first-order valence-electron chi connectivity index (χ1n) is 7.63. The normalized spacial score (nSPS) is 19.3. The third-order valence-electron chi connectivity index (χ3n) is 3.53. The van der Waals surface area contributed by atoms with Crippen molar-refractivity contribution in [3.63, 3.8) is 0 Å². The molecule has 3 heterocycles. The second kappa shape index (κ2) is 7.25. The van der Waals surface area contributed by atoms with Crippen LogP contribution in [0.1, 0.15) is 16.9 Å². The van der Waals surface area contributed by atoms with Crippen LogP contribution in [0.25, 0.3) is 0 Å². The van der Waals surface area contributed by atoms with E-state index in [2.05, 4.69) is 31.6 Å². The van der Waals surface area contributed by atoms with E-state index >= 15 is 0 Å². The van der Waals surface area contributed by atoms with E-state index in [-0.39, 0.29) is 17.5 Å². The molecule has 0 unspecified atom stereocenters. The number of carbonyl (C=O) groups is 2. The monoisotopic (exact) mass is 320 g/mol. The van der Waals surface area contributed by atoms with Gasteiger partial charge in [-0.05, 0) is 0 Å². The topological polar surface area (TPSA) is 116 Å². The van der Waals surface area contributed by atoms with E-state index < -0.39 is 0 Å². The van der Waals surface area contributed by atoms with Crippen LogP contribution in [-0.4, -0.2) is 56.3 Å². The van der Waals surface area contributed by atoms with Gasteiger partial charge in [0, 0.05) is 32.1 Å². The summed E-state index contributed by atoms with van der Waals surface area (Å²) in [5.41, 5.74) is 1.65. The number of fused-ring (bicyclic) bond motifs is 4. The lowest BCUT2D eigenvalue weighted by atomic mass is 10.2. The van der Waals surface area contributed by atoms with Crippen LogP contribution in [0, 0.1) is 0 Å². The van der Waals surface area contributed by atoms with E-state index in [0.717, 1.165) is 5.69 Å². The van der Waals surface area contributed by atoms with Crippen molar-refractivity contribution in [2.24, 2.45) is 0 Å². The number of pyridine rings is 1. The summed E-state index contributed by atoms with van der Waals surface area (Å²) in [6.07, 6.45) is 0.325. The molecule has 9 heteroatoms. The SMILES string of the molecule is O=C1CCNCCOCCNC(=O)c2nc(cc3c2NCN3)N1. The lowest BCUT2D eigenvalue weighted by Crippen LogP contribution is -2.29. The van der Waals surface area contributed by atoms with Gasteiger partial charge in [0.05, 0.1) is 31.3 Å². The zero-order valence-electron chi connectivity index (χ0n) is 12.7. The average molecular weight is 320 g/mol. The Morgan fingerprint density at radius 1 is 1.04 bits per heavy atom. The molecule has 0 spiro atoms. The maximum atomic E-state index is 12.3. The molecule has 2 amide bonds. The largest absolute Gasteiger partial charge is 0.378 e. The Bertz CT molecular complexity index is 606. The number of carbonyl (C=O) groups excluding carboxylic acids is 2. The molecule has 1 aromatic heterocycles. The number of nitrogens with zero attached hydrogens (tertiary/aromatic N) is 1. The molecule has 23 heavy (non-hydrogen) atoms. The summed E-state index contributed by atoms with van der Waals surface area (Å²) in [5, 5.41) is 14.8. The van der Waals surface area contributed by atoms with Crippen LogP contribution in [0.4, 0.5) is 17.2 Å². The van der Waals surface area contributed by atoms with Gasteiger partial charge in [0.15, 0.2) is 5.69 Å². The van der Waals surface area contributed by atoms with Gasteiger partial charge >= 0.3 is 0 Å². The first-order chi connectivity index (χ1) is 11.2. The van der Waals surface area contributed by atoms with Crippen LogP contribution in [0.2, 0.25) is 0 Å². The van der Waals surface area contributed by atoms with E-state index in [9.17, 15) is 9.59 Å². The summed E-state index contributed by atoms with van der Waals surface area (Å²) in [6.45, 7) is 3.10. The van der Waals surface area contributed by atoms with Gasteiger partial charge in [0.1, 0.15) is 5.82 Å². The van der Waals surface area contributed by atoms with Gasteiger partial charge in [-0.2, -0.15) is 0 Å². The summed E-state index contributed by atoms with van der Waals surface area (Å²) >= 11 is 0. The molecule has 9 nitrogen and oxygen atoms in total. The van der Waals surface area contributed by atoms with Crippen molar-refractivity contribution in [2.45, 2.75) is 6.42 Å². The van der Waals surface area contributed by atoms with Gasteiger partial charge in [-0.15, -0.1) is 0 Å². The standard InChI is InChI=1S/C14H20N6O3/c21-11-1-2-15-3-5-23-6-4-16-14(22)13-12-9(17-8-18-12)7-10(19-11)20-13/h7,15,17-18H,1-6,8H2,(H,16,22)(H,19,20,21). The van der Waals surface area contributed by atoms with E-state index in [1.807, 2.05) is 0 Å². The lowest BCUT2D eigenvalue weighted by Gasteiger charge is -2.11. The summed E-state index contributed by atoms with van der Waals surface area (Å²) < 4.78 is 5.41. The average Bonchev–Trinajstić information content (AvgIpc) is 2.99. The molecule has 0 fully saturated rings. The molecule has 0 saturated carbocycles. The fourth-order valence-corrected chi connectivity index (χ4v) is 2.42. The molecule has 2 aliphatic heterocycles. The van der Waals surface area contributed by atoms with Crippen molar-refractivity contribution >= 4 is 29.0 Å². The van der Waals surface area contributed by atoms with Crippen molar-refractivity contribution in [2.75, 3.05) is 55.5 Å². The Balaban J connectivity index is 1.84. The number of hydrogen-bond acceptors (Lipinski definition) is 7. The van der Waals surface area contributed by atoms with Crippen LogP contribution < -0.4 is 26.6 Å². The minimum Gasteiger partial charge on any atom is -0.378 e. The van der Waals surface area contributed by atoms with Gasteiger partial charge in [-0.1, -0.05) is 0 Å². The number of aromatic nitrogens is 1. The number of anilines is 3. The van der Waals surface area contributed by atoms with Gasteiger partial charge in [0.2, 0.25) is 5.91 Å². The maximum absolute atomic E-state index is 12.3. The Morgan fingerprint density at radius 2 is 1.91 bits per heavy atom. The number of amides is 2. The van der Waals surface area contributed by atoms with Crippen LogP contribution in [0.5, 0.6) is 0 Å². The molecule has 0 saturated heterocycles. The molecule has 0 aliphatic carbocycles. The number of ether oxygens (including phenoxy) is 1. The van der Waals surface area contributed by atoms with Crippen molar-refractivity contribution in [1.29, 1.82) is 0 Å². The summed E-state index contributed by atoms with van der Waals surface area (Å²) in [7, 11) is 0. The smallest absolute Gasteiger partial charge is 0.272 e. The molecule has 2 aliphatic rings. The molecule has 0 atom stereocenters. The van der Waals surface area contributed by atoms with Crippen molar-refractivity contribution in [3.05, 3.63) is 11.8 Å². The Hall–Kier alpha value is -2.39. The fraction of sp³-hybridized carbons (Fsp3) is 0.500. The van der Waals surface area contributed by atoms with E-state index in [0.29, 0.717) is 57.4 Å². The predicted octanol–water partition coefficient (Wildman–Crippen LogP) is -0.445. The van der Waals surface area contributed by atoms with Gasteiger partial charge in [0.25, 0.3) is 5.91 Å². The number of hydrogen-bond donors (Lipinski definition) is 5. The lowest BCUT2D eigenvalue weighted by molar-refractivity contribution is -0.116. The minimum atomic E-state index is -0.301. The van der Waals surface area contributed by atoms with Crippen LogP contribution >= 0.6 is 0 Å². The minimum absolute atomic E-state index is 0.155. The molecular weight excluding hydrogens is 300 g/mol. The summed E-state index contributed by atoms with van der Waals surface area (Å²) in [6, 6.07) is 1.72. The zero-order chi connectivity index (χ0) is 16.1. The zero-order valence-corrected chi connectivity index (χ0v) is 12.7. The Morgan fingerprint density at radius 3 is 2.83 bits per heavy atom. The third-order valence-corrected chi connectivity index (χ3v) is 3.53. The maximum Gasteiger partial charge on any atom is 0.272 e. The highest BCUT2D eigenvalue weighted by Crippen LogP contribution is 2.31. The molecule has 3 rings (SSSR count). The highest BCUT2D eigenvalue weighted by molar-refractivity contribution is 6.03. The number of nitrogens with one attached hydrogen (secondary N) is 5. The molecule has 0 radical (unpaired) electrons. The Labute approximate surface area is 133 Å². The first-order valence-corrected chi connectivity index (χ1v) is 7.63. The van der Waals surface area contributed by atoms with Crippen LogP contribution in [-0.2, 0) is 9.53 Å².